The van der Waals surface area contributed by atoms with Crippen LogP contribution in [0, 0.1) is 0 Å². The second-order valence-corrected chi connectivity index (χ2v) is 12.0. The molecule has 35 heavy (non-hydrogen) atoms. The van der Waals surface area contributed by atoms with E-state index in [1.807, 2.05) is 13.0 Å². The van der Waals surface area contributed by atoms with Crippen molar-refractivity contribution >= 4 is 27.3 Å². The number of benzene rings is 2. The Morgan fingerprint density at radius 2 is 1.63 bits per heavy atom. The number of hydrogen-bond donors (Lipinski definition) is 3. The molecule has 0 spiro atoms. The van der Waals surface area contributed by atoms with Gasteiger partial charge in [0.1, 0.15) is 11.5 Å². The molecule has 1 unspecified atom stereocenters. The van der Waals surface area contributed by atoms with E-state index in [1.165, 1.54) is 23.8 Å². The lowest BCUT2D eigenvalue weighted by Crippen LogP contribution is -2.33. The summed E-state index contributed by atoms with van der Waals surface area (Å²) in [4.78, 5) is 13.0. The van der Waals surface area contributed by atoms with Crippen LogP contribution in [0.15, 0.2) is 36.4 Å². The van der Waals surface area contributed by atoms with Gasteiger partial charge in [-0.1, -0.05) is 60.6 Å². The van der Waals surface area contributed by atoms with Crippen LogP contribution in [-0.2, 0) is 25.6 Å². The molecule has 0 aliphatic carbocycles. The Balaban J connectivity index is 2.31. The van der Waals surface area contributed by atoms with Crippen LogP contribution in [0.25, 0.3) is 0 Å². The van der Waals surface area contributed by atoms with Gasteiger partial charge in [0.2, 0.25) is 10.0 Å². The molecule has 0 heterocycles. The number of hydrogen-bond acceptors (Lipinski definition) is 5. The first kappa shape index (κ1) is 28.5. The molecule has 0 aromatic heterocycles. The zero-order valence-corrected chi connectivity index (χ0v) is 23.0. The summed E-state index contributed by atoms with van der Waals surface area (Å²) in [6.45, 7) is 15.0. The summed E-state index contributed by atoms with van der Waals surface area (Å²) in [7, 11) is -3.54. The highest BCUT2D eigenvalue weighted by atomic mass is 32.2. The molecule has 0 saturated carbocycles. The minimum atomic E-state index is -3.54. The Hall–Kier alpha value is -2.74. The van der Waals surface area contributed by atoms with Crippen LogP contribution in [0.2, 0.25) is 0 Å². The number of sulfonamides is 1. The second kappa shape index (κ2) is 10.9. The zero-order chi connectivity index (χ0) is 26.6. The number of ether oxygens (including phenoxy) is 1. The Kier molecular flexibility index (Phi) is 8.87. The average Bonchev–Trinajstić information content (AvgIpc) is 2.78. The lowest BCUT2D eigenvalue weighted by atomic mass is 9.76. The number of anilines is 2. The first-order chi connectivity index (χ1) is 16.1. The predicted octanol–water partition coefficient (Wildman–Crippen LogP) is 5.94. The van der Waals surface area contributed by atoms with E-state index in [0.29, 0.717) is 17.9 Å². The van der Waals surface area contributed by atoms with Gasteiger partial charge in [-0.05, 0) is 53.9 Å². The highest BCUT2D eigenvalue weighted by Crippen LogP contribution is 2.39. The fraction of sp³-hybridized carbons (Fsp3) is 0.519. The molecule has 0 radical (unpaired) electrons. The van der Waals surface area contributed by atoms with Crippen LogP contribution >= 0.6 is 0 Å². The summed E-state index contributed by atoms with van der Waals surface area (Å²) >= 11 is 0. The van der Waals surface area contributed by atoms with Crippen LogP contribution in [0.4, 0.5) is 11.4 Å². The smallest absolute Gasteiger partial charge is 0.265 e. The van der Waals surface area contributed by atoms with E-state index in [1.54, 1.807) is 0 Å². The van der Waals surface area contributed by atoms with Crippen LogP contribution in [-0.4, -0.2) is 31.8 Å². The van der Waals surface area contributed by atoms with Gasteiger partial charge in [0.15, 0.2) is 6.10 Å². The van der Waals surface area contributed by atoms with Gasteiger partial charge < -0.3 is 15.2 Å². The van der Waals surface area contributed by atoms with Gasteiger partial charge in [-0.25, -0.2) is 8.42 Å². The molecule has 2 aromatic rings. The minimum Gasteiger partial charge on any atom is -0.506 e. The lowest BCUT2D eigenvalue weighted by molar-refractivity contribution is -0.122. The van der Waals surface area contributed by atoms with Crippen LogP contribution in [0.3, 0.4) is 0 Å². The van der Waals surface area contributed by atoms with Gasteiger partial charge in [-0.15, -0.1) is 0 Å². The van der Waals surface area contributed by atoms with Gasteiger partial charge in [-0.2, -0.15) is 0 Å². The maximum Gasteiger partial charge on any atom is 0.265 e. The highest BCUT2D eigenvalue weighted by Gasteiger charge is 2.29. The maximum absolute atomic E-state index is 13.0. The van der Waals surface area contributed by atoms with Crippen molar-refractivity contribution in [2.24, 2.45) is 0 Å². The predicted molar refractivity (Wildman–Crippen MR) is 143 cm³/mol. The molecule has 1 amide bonds. The van der Waals surface area contributed by atoms with Crippen LogP contribution in [0.5, 0.6) is 11.5 Å². The lowest BCUT2D eigenvalue weighted by Gasteiger charge is -2.31. The van der Waals surface area contributed by atoms with E-state index in [-0.39, 0.29) is 28.2 Å². The third-order valence-corrected chi connectivity index (χ3v) is 7.34. The quantitative estimate of drug-likeness (QED) is 0.329. The van der Waals surface area contributed by atoms with Crippen molar-refractivity contribution in [1.29, 1.82) is 0 Å². The Bertz CT molecular complexity index is 1160. The largest absolute Gasteiger partial charge is 0.506 e. The molecule has 1 atom stereocenters. The standard InChI is InChI=1S/C27H40N2O5S/c1-9-23(25(31)28-19-13-14-21(22(30)17-19)29-35(8,32)33)34-24-15-12-18(26(4,5)10-2)16-20(24)27(6,7)11-3/h12-17,23,29-30H,9-11H2,1-8H3,(H,28,31). The number of phenolic OH excluding ortho intramolecular Hbond substituents is 1. The molecule has 0 aliphatic rings. The molecule has 3 N–H and O–H groups in total. The second-order valence-electron chi connectivity index (χ2n) is 10.3. The van der Waals surface area contributed by atoms with Crippen molar-refractivity contribution in [2.75, 3.05) is 16.3 Å². The highest BCUT2D eigenvalue weighted by molar-refractivity contribution is 7.92. The summed E-state index contributed by atoms with van der Waals surface area (Å²) in [6, 6.07) is 10.5. The number of phenols is 1. The molecule has 194 valence electrons. The summed E-state index contributed by atoms with van der Waals surface area (Å²) in [5.74, 6) is 0.0438. The van der Waals surface area contributed by atoms with Crippen molar-refractivity contribution in [3.8, 4) is 11.5 Å². The topological polar surface area (TPSA) is 105 Å². The van der Waals surface area contributed by atoms with E-state index in [2.05, 4.69) is 63.7 Å². The van der Waals surface area contributed by atoms with E-state index >= 15 is 0 Å². The monoisotopic (exact) mass is 504 g/mol. The first-order valence-electron chi connectivity index (χ1n) is 12.1. The molecule has 0 fully saturated rings. The Morgan fingerprint density at radius 3 is 2.14 bits per heavy atom. The molecule has 7 nitrogen and oxygen atoms in total. The van der Waals surface area contributed by atoms with Crippen molar-refractivity contribution in [3.05, 3.63) is 47.5 Å². The Labute approximate surface area is 210 Å². The summed E-state index contributed by atoms with van der Waals surface area (Å²) in [6.07, 6.45) is 2.61. The van der Waals surface area contributed by atoms with E-state index in [0.717, 1.165) is 24.7 Å². The molecule has 0 saturated heterocycles. The fourth-order valence-electron chi connectivity index (χ4n) is 3.57. The first-order valence-corrected chi connectivity index (χ1v) is 14.0. The van der Waals surface area contributed by atoms with Crippen molar-refractivity contribution in [3.63, 3.8) is 0 Å². The fourth-order valence-corrected chi connectivity index (χ4v) is 4.14. The van der Waals surface area contributed by atoms with Gasteiger partial charge in [0.25, 0.3) is 5.91 Å². The van der Waals surface area contributed by atoms with E-state index < -0.39 is 16.1 Å². The number of nitrogens with one attached hydrogen (secondary N) is 2. The van der Waals surface area contributed by atoms with Gasteiger partial charge in [-0.3, -0.25) is 9.52 Å². The van der Waals surface area contributed by atoms with E-state index in [9.17, 15) is 18.3 Å². The number of carbonyl (C=O) groups excluding carboxylic acids is 1. The normalized spacial score (nSPS) is 13.3. The number of rotatable bonds is 11. The molecular formula is C27H40N2O5S. The molecule has 2 rings (SSSR count). The third-order valence-electron chi connectivity index (χ3n) is 6.75. The molecule has 8 heteroatoms. The number of aromatic hydroxyl groups is 1. The molecular weight excluding hydrogens is 464 g/mol. The molecule has 0 aliphatic heterocycles. The van der Waals surface area contributed by atoms with Crippen molar-refractivity contribution in [2.45, 2.75) is 84.7 Å². The maximum atomic E-state index is 13.0. The van der Waals surface area contributed by atoms with Crippen molar-refractivity contribution < 1.29 is 23.1 Å². The molecule has 2 aromatic carbocycles. The number of carbonyl (C=O) groups is 1. The SMILES string of the molecule is CCC(Oc1ccc(C(C)(C)CC)cc1C(C)(C)CC)C(=O)Nc1ccc(NS(C)(=O)=O)c(O)c1. The minimum absolute atomic E-state index is 0.0266. The number of amides is 1. The molecule has 0 bridgehead atoms. The summed E-state index contributed by atoms with van der Waals surface area (Å²) < 4.78 is 31.3. The van der Waals surface area contributed by atoms with E-state index in [4.69, 9.17) is 4.74 Å². The average molecular weight is 505 g/mol. The van der Waals surface area contributed by atoms with Crippen LogP contribution < -0.4 is 14.8 Å². The van der Waals surface area contributed by atoms with Gasteiger partial charge >= 0.3 is 0 Å². The Morgan fingerprint density at radius 1 is 1.00 bits per heavy atom. The summed E-state index contributed by atoms with van der Waals surface area (Å²) in [5, 5.41) is 12.9. The van der Waals surface area contributed by atoms with Crippen LogP contribution in [0.1, 0.15) is 78.9 Å². The van der Waals surface area contributed by atoms with Gasteiger partial charge in [0, 0.05) is 17.3 Å². The van der Waals surface area contributed by atoms with Crippen molar-refractivity contribution in [1.82, 2.24) is 0 Å². The third kappa shape index (κ3) is 7.37. The zero-order valence-electron chi connectivity index (χ0n) is 22.2. The van der Waals surface area contributed by atoms with Gasteiger partial charge in [0.05, 0.1) is 11.9 Å². The summed E-state index contributed by atoms with van der Waals surface area (Å²) in [5.41, 5.74) is 2.56.